The average molecular weight is 244 g/mol. The molecule has 0 rings (SSSR count). The van der Waals surface area contributed by atoms with Gasteiger partial charge < -0.3 is 15.0 Å². The molecular formula is C14H32N2O. The van der Waals surface area contributed by atoms with Crippen LogP contribution in [0.15, 0.2) is 0 Å². The van der Waals surface area contributed by atoms with Gasteiger partial charge in [0.1, 0.15) is 0 Å². The molecule has 104 valence electrons. The second-order valence-electron chi connectivity index (χ2n) is 5.74. The van der Waals surface area contributed by atoms with Crippen molar-refractivity contribution in [3.05, 3.63) is 0 Å². The van der Waals surface area contributed by atoms with Crippen LogP contribution in [0.5, 0.6) is 0 Å². The molecular weight excluding hydrogens is 212 g/mol. The highest BCUT2D eigenvalue weighted by Crippen LogP contribution is 2.00. The minimum Gasteiger partial charge on any atom is -0.376 e. The summed E-state index contributed by atoms with van der Waals surface area (Å²) >= 11 is 0. The molecule has 3 heteroatoms. The summed E-state index contributed by atoms with van der Waals surface area (Å²) in [5.41, 5.74) is 0. The first-order valence-corrected chi connectivity index (χ1v) is 6.96. The van der Waals surface area contributed by atoms with E-state index < -0.39 is 0 Å². The van der Waals surface area contributed by atoms with E-state index in [9.17, 15) is 0 Å². The molecule has 0 aromatic carbocycles. The molecule has 0 heterocycles. The minimum absolute atomic E-state index is 0.308. The van der Waals surface area contributed by atoms with Crippen LogP contribution in [-0.2, 0) is 4.74 Å². The highest BCUT2D eigenvalue weighted by Gasteiger charge is 2.12. The fraction of sp³-hybridized carbons (Fsp3) is 1.00. The van der Waals surface area contributed by atoms with Gasteiger partial charge in [-0.15, -0.1) is 0 Å². The number of nitrogens with one attached hydrogen (secondary N) is 1. The Hall–Kier alpha value is -0.120. The van der Waals surface area contributed by atoms with Crippen LogP contribution in [0, 0.1) is 11.8 Å². The normalized spacial score (nSPS) is 13.9. The van der Waals surface area contributed by atoms with Gasteiger partial charge in [-0.1, -0.05) is 27.7 Å². The Labute approximate surface area is 108 Å². The fourth-order valence-electron chi connectivity index (χ4n) is 1.99. The zero-order valence-corrected chi connectivity index (χ0v) is 12.6. The van der Waals surface area contributed by atoms with E-state index in [0.29, 0.717) is 17.9 Å². The van der Waals surface area contributed by atoms with E-state index in [1.807, 2.05) is 0 Å². The van der Waals surface area contributed by atoms with Crippen molar-refractivity contribution in [2.75, 3.05) is 39.8 Å². The summed E-state index contributed by atoms with van der Waals surface area (Å²) < 4.78 is 5.77. The van der Waals surface area contributed by atoms with Crippen molar-refractivity contribution in [3.63, 3.8) is 0 Å². The molecule has 0 aliphatic carbocycles. The first kappa shape index (κ1) is 16.9. The van der Waals surface area contributed by atoms with Crippen molar-refractivity contribution in [2.45, 2.75) is 40.7 Å². The molecule has 0 aromatic rings. The van der Waals surface area contributed by atoms with Gasteiger partial charge in [-0.25, -0.2) is 0 Å². The molecule has 0 unspecified atom stereocenters. The third-order valence-corrected chi connectivity index (χ3v) is 2.52. The summed E-state index contributed by atoms with van der Waals surface area (Å²) in [6, 6.07) is 0. The number of nitrogens with zero attached hydrogens (tertiary/aromatic N) is 1. The Morgan fingerprint density at radius 3 is 2.12 bits per heavy atom. The van der Waals surface area contributed by atoms with Gasteiger partial charge in [-0.05, 0) is 32.4 Å². The SMILES string of the molecule is CCO[C@@H](CNCC(C)C)CN(C)CC(C)C. The van der Waals surface area contributed by atoms with E-state index in [0.717, 1.165) is 32.8 Å². The maximum absolute atomic E-state index is 5.77. The van der Waals surface area contributed by atoms with E-state index in [2.05, 4.69) is 51.9 Å². The molecule has 3 nitrogen and oxygen atoms in total. The maximum atomic E-state index is 5.77. The van der Waals surface area contributed by atoms with Crippen LogP contribution in [0.2, 0.25) is 0 Å². The van der Waals surface area contributed by atoms with Crippen molar-refractivity contribution >= 4 is 0 Å². The number of rotatable bonds is 10. The lowest BCUT2D eigenvalue weighted by Gasteiger charge is -2.25. The average Bonchev–Trinajstić information content (AvgIpc) is 2.15. The van der Waals surface area contributed by atoms with Crippen molar-refractivity contribution in [2.24, 2.45) is 11.8 Å². The zero-order chi connectivity index (χ0) is 13.3. The number of likely N-dealkylation sites (N-methyl/N-ethyl adjacent to an activating group) is 1. The van der Waals surface area contributed by atoms with Gasteiger partial charge in [0.25, 0.3) is 0 Å². The predicted molar refractivity (Wildman–Crippen MR) is 75.5 cm³/mol. The fourth-order valence-corrected chi connectivity index (χ4v) is 1.99. The first-order chi connectivity index (χ1) is 7.95. The van der Waals surface area contributed by atoms with E-state index in [1.54, 1.807) is 0 Å². The molecule has 0 fully saturated rings. The first-order valence-electron chi connectivity index (χ1n) is 6.96. The Morgan fingerprint density at radius 2 is 1.65 bits per heavy atom. The summed E-state index contributed by atoms with van der Waals surface area (Å²) in [5.74, 6) is 1.41. The molecule has 1 atom stereocenters. The Morgan fingerprint density at radius 1 is 1.00 bits per heavy atom. The van der Waals surface area contributed by atoms with Gasteiger partial charge >= 0.3 is 0 Å². The standard InChI is InChI=1S/C14H32N2O/c1-7-17-14(9-15-8-12(2)3)11-16(6)10-13(4)5/h12-15H,7-11H2,1-6H3/t14-/m0/s1. The Balaban J connectivity index is 3.87. The summed E-state index contributed by atoms with van der Waals surface area (Å²) in [6.07, 6.45) is 0.308. The second kappa shape index (κ2) is 9.86. The Bertz CT molecular complexity index is 172. The second-order valence-corrected chi connectivity index (χ2v) is 5.74. The maximum Gasteiger partial charge on any atom is 0.0825 e. The molecule has 0 bridgehead atoms. The van der Waals surface area contributed by atoms with Crippen molar-refractivity contribution in [1.82, 2.24) is 10.2 Å². The summed E-state index contributed by atoms with van der Waals surface area (Å²) in [5, 5.41) is 3.48. The van der Waals surface area contributed by atoms with E-state index in [4.69, 9.17) is 4.74 Å². The third kappa shape index (κ3) is 10.7. The Kier molecular flexibility index (Phi) is 9.79. The van der Waals surface area contributed by atoms with Crippen molar-refractivity contribution in [3.8, 4) is 0 Å². The van der Waals surface area contributed by atoms with Crippen LogP contribution in [0.3, 0.4) is 0 Å². The number of hydrogen-bond acceptors (Lipinski definition) is 3. The van der Waals surface area contributed by atoms with Gasteiger partial charge in [0.2, 0.25) is 0 Å². The molecule has 0 amide bonds. The van der Waals surface area contributed by atoms with Crippen LogP contribution >= 0.6 is 0 Å². The summed E-state index contributed by atoms with van der Waals surface area (Å²) in [4.78, 5) is 2.36. The smallest absolute Gasteiger partial charge is 0.0825 e. The molecule has 0 aromatic heterocycles. The van der Waals surface area contributed by atoms with Gasteiger partial charge in [-0.3, -0.25) is 0 Å². The molecule has 17 heavy (non-hydrogen) atoms. The van der Waals surface area contributed by atoms with Gasteiger partial charge in [0, 0.05) is 26.2 Å². The van der Waals surface area contributed by atoms with Crippen molar-refractivity contribution in [1.29, 1.82) is 0 Å². The minimum atomic E-state index is 0.308. The monoisotopic (exact) mass is 244 g/mol. The lowest BCUT2D eigenvalue weighted by Crippen LogP contribution is -2.40. The van der Waals surface area contributed by atoms with Crippen LogP contribution in [0.4, 0.5) is 0 Å². The predicted octanol–water partition coefficient (Wildman–Crippen LogP) is 2.22. The van der Waals surface area contributed by atoms with E-state index >= 15 is 0 Å². The largest absolute Gasteiger partial charge is 0.376 e. The molecule has 1 N–H and O–H groups in total. The lowest BCUT2D eigenvalue weighted by atomic mass is 10.2. The lowest BCUT2D eigenvalue weighted by molar-refractivity contribution is 0.0372. The number of hydrogen-bond donors (Lipinski definition) is 1. The van der Waals surface area contributed by atoms with Gasteiger partial charge in [0.05, 0.1) is 6.10 Å². The highest BCUT2D eigenvalue weighted by molar-refractivity contribution is 4.68. The quantitative estimate of drug-likeness (QED) is 0.638. The molecule has 0 spiro atoms. The van der Waals surface area contributed by atoms with E-state index in [-0.39, 0.29) is 0 Å². The molecule has 0 aliphatic heterocycles. The highest BCUT2D eigenvalue weighted by atomic mass is 16.5. The third-order valence-electron chi connectivity index (χ3n) is 2.52. The zero-order valence-electron chi connectivity index (χ0n) is 12.6. The summed E-state index contributed by atoms with van der Waals surface area (Å²) in [6.45, 7) is 16.0. The van der Waals surface area contributed by atoms with Crippen LogP contribution in [0.25, 0.3) is 0 Å². The van der Waals surface area contributed by atoms with Crippen LogP contribution in [-0.4, -0.2) is 50.8 Å². The van der Waals surface area contributed by atoms with Crippen LogP contribution < -0.4 is 5.32 Å². The van der Waals surface area contributed by atoms with Crippen molar-refractivity contribution < 1.29 is 4.74 Å². The molecule has 0 saturated heterocycles. The molecule has 0 aliphatic rings. The van der Waals surface area contributed by atoms with E-state index in [1.165, 1.54) is 0 Å². The van der Waals surface area contributed by atoms with Gasteiger partial charge in [0.15, 0.2) is 0 Å². The van der Waals surface area contributed by atoms with Gasteiger partial charge in [-0.2, -0.15) is 0 Å². The van der Waals surface area contributed by atoms with Crippen LogP contribution in [0.1, 0.15) is 34.6 Å². The topological polar surface area (TPSA) is 24.5 Å². The summed E-state index contributed by atoms with van der Waals surface area (Å²) in [7, 11) is 2.18. The molecule has 0 radical (unpaired) electrons. The molecule has 0 saturated carbocycles. The number of ether oxygens (including phenoxy) is 1.